The van der Waals surface area contributed by atoms with Crippen molar-refractivity contribution in [2.45, 2.75) is 37.8 Å². The van der Waals surface area contributed by atoms with Crippen molar-refractivity contribution in [3.05, 3.63) is 39.8 Å². The number of anilines is 1. The van der Waals surface area contributed by atoms with Crippen LogP contribution in [0.3, 0.4) is 0 Å². The molecule has 2 saturated heterocycles. The maximum atomic E-state index is 13.3. The summed E-state index contributed by atoms with van der Waals surface area (Å²) in [5.41, 5.74) is 0.117. The summed E-state index contributed by atoms with van der Waals surface area (Å²) in [6, 6.07) is 2.65. The highest BCUT2D eigenvalue weighted by Crippen LogP contribution is 2.33. The molecule has 1 aromatic heterocycles. The van der Waals surface area contributed by atoms with Gasteiger partial charge < -0.3 is 20.3 Å². The van der Waals surface area contributed by atoms with Crippen LogP contribution in [0, 0.1) is 11.6 Å². The Morgan fingerprint density at radius 2 is 2.07 bits per heavy atom. The standard InChI is InChI=1S/C19H21F2N5O3S/c20-13-6-5-11(9-14(13)21)23-16(27)18-25-24-17(30-18)15-4-1-7-26(15)19(28)22-10-12-3-2-8-29-12/h5-6,9,12,15H,1-4,7-8,10H2,(H,22,28)(H,23,27)/t12-,15+/m0/s1. The minimum Gasteiger partial charge on any atom is -0.376 e. The molecule has 0 radical (unpaired) electrons. The lowest BCUT2D eigenvalue weighted by Gasteiger charge is -2.23. The van der Waals surface area contributed by atoms with E-state index in [9.17, 15) is 18.4 Å². The molecule has 160 valence electrons. The molecule has 30 heavy (non-hydrogen) atoms. The van der Waals surface area contributed by atoms with Gasteiger partial charge in [0.2, 0.25) is 5.01 Å². The monoisotopic (exact) mass is 437 g/mol. The average molecular weight is 437 g/mol. The van der Waals surface area contributed by atoms with Gasteiger partial charge in [-0.15, -0.1) is 10.2 Å². The van der Waals surface area contributed by atoms with Crippen molar-refractivity contribution in [3.8, 4) is 0 Å². The number of benzene rings is 1. The number of carbonyl (C=O) groups excluding carboxylic acids is 2. The fraction of sp³-hybridized carbons (Fsp3) is 0.474. The third-order valence-electron chi connectivity index (χ3n) is 5.12. The van der Waals surface area contributed by atoms with Crippen LogP contribution in [0.2, 0.25) is 0 Å². The molecule has 2 N–H and O–H groups in total. The van der Waals surface area contributed by atoms with Gasteiger partial charge in [-0.1, -0.05) is 11.3 Å². The Hall–Kier alpha value is -2.66. The number of hydrogen-bond acceptors (Lipinski definition) is 6. The van der Waals surface area contributed by atoms with Gasteiger partial charge in [-0.25, -0.2) is 13.6 Å². The van der Waals surface area contributed by atoms with Crippen molar-refractivity contribution >= 4 is 29.0 Å². The Balaban J connectivity index is 1.38. The van der Waals surface area contributed by atoms with Gasteiger partial charge in [-0.05, 0) is 37.8 Å². The first-order valence-corrected chi connectivity index (χ1v) is 10.6. The molecule has 2 fully saturated rings. The summed E-state index contributed by atoms with van der Waals surface area (Å²) in [5.74, 6) is -2.62. The normalized spacial score (nSPS) is 21.1. The van der Waals surface area contributed by atoms with E-state index in [0.717, 1.165) is 55.8 Å². The topological polar surface area (TPSA) is 96.5 Å². The Morgan fingerprint density at radius 3 is 2.83 bits per heavy atom. The first-order valence-electron chi connectivity index (χ1n) is 9.77. The number of nitrogens with zero attached hydrogens (tertiary/aromatic N) is 3. The third kappa shape index (κ3) is 4.57. The van der Waals surface area contributed by atoms with Crippen molar-refractivity contribution in [2.75, 3.05) is 25.0 Å². The van der Waals surface area contributed by atoms with Crippen molar-refractivity contribution in [1.29, 1.82) is 0 Å². The molecule has 0 unspecified atom stereocenters. The fourth-order valence-electron chi connectivity index (χ4n) is 3.59. The number of urea groups is 1. The first kappa shape index (κ1) is 20.6. The van der Waals surface area contributed by atoms with Crippen LogP contribution in [0.5, 0.6) is 0 Å². The second kappa shape index (κ2) is 9.00. The zero-order valence-electron chi connectivity index (χ0n) is 16.1. The lowest BCUT2D eigenvalue weighted by atomic mass is 10.2. The summed E-state index contributed by atoms with van der Waals surface area (Å²) in [5, 5.41) is 14.0. The number of ether oxygens (including phenoxy) is 1. The van der Waals surface area contributed by atoms with E-state index < -0.39 is 17.5 Å². The van der Waals surface area contributed by atoms with Gasteiger partial charge in [0.25, 0.3) is 5.91 Å². The highest BCUT2D eigenvalue weighted by Gasteiger charge is 2.33. The molecule has 11 heteroatoms. The van der Waals surface area contributed by atoms with Crippen molar-refractivity contribution in [3.63, 3.8) is 0 Å². The Bertz CT molecular complexity index is 935. The molecule has 2 aliphatic rings. The van der Waals surface area contributed by atoms with Gasteiger partial charge >= 0.3 is 6.03 Å². The molecule has 0 aliphatic carbocycles. The predicted octanol–water partition coefficient (Wildman–Crippen LogP) is 3.09. The molecule has 0 saturated carbocycles. The van der Waals surface area contributed by atoms with Gasteiger partial charge in [-0.2, -0.15) is 0 Å². The van der Waals surface area contributed by atoms with Crippen molar-refractivity contribution < 1.29 is 23.1 Å². The SMILES string of the molecule is O=C(Nc1ccc(F)c(F)c1)c1nnc([C@H]2CCCN2C(=O)NC[C@@H]2CCCO2)s1. The quantitative estimate of drug-likeness (QED) is 0.749. The molecule has 2 atom stereocenters. The van der Waals surface area contributed by atoms with Crippen LogP contribution in [0.15, 0.2) is 18.2 Å². The lowest BCUT2D eigenvalue weighted by Crippen LogP contribution is -2.42. The van der Waals surface area contributed by atoms with Crippen LogP contribution in [-0.4, -0.2) is 52.8 Å². The summed E-state index contributed by atoms with van der Waals surface area (Å²) in [7, 11) is 0. The number of nitrogens with one attached hydrogen (secondary N) is 2. The molecule has 4 rings (SSSR count). The Labute approximate surface area is 175 Å². The number of aromatic nitrogens is 2. The van der Waals surface area contributed by atoms with E-state index in [4.69, 9.17) is 4.74 Å². The second-order valence-electron chi connectivity index (χ2n) is 7.20. The Morgan fingerprint density at radius 1 is 1.20 bits per heavy atom. The van der Waals surface area contributed by atoms with E-state index in [2.05, 4.69) is 20.8 Å². The Kier molecular flexibility index (Phi) is 6.18. The average Bonchev–Trinajstić information content (AvgIpc) is 3.49. The highest BCUT2D eigenvalue weighted by atomic mass is 32.1. The molecular weight excluding hydrogens is 416 g/mol. The molecule has 2 aromatic rings. The van der Waals surface area contributed by atoms with E-state index in [1.807, 2.05) is 0 Å². The fourth-order valence-corrected chi connectivity index (χ4v) is 4.48. The molecular formula is C19H21F2N5O3S. The summed E-state index contributed by atoms with van der Waals surface area (Å²) >= 11 is 1.08. The largest absolute Gasteiger partial charge is 0.376 e. The van der Waals surface area contributed by atoms with E-state index in [0.29, 0.717) is 18.1 Å². The maximum Gasteiger partial charge on any atom is 0.318 e. The molecule has 0 bridgehead atoms. The minimum atomic E-state index is -1.05. The van der Waals surface area contributed by atoms with Gasteiger partial charge in [0.15, 0.2) is 11.6 Å². The third-order valence-corrected chi connectivity index (χ3v) is 6.14. The summed E-state index contributed by atoms with van der Waals surface area (Å²) in [6.07, 6.45) is 3.56. The maximum absolute atomic E-state index is 13.3. The number of likely N-dealkylation sites (tertiary alicyclic amines) is 1. The van der Waals surface area contributed by atoms with Gasteiger partial charge in [0.05, 0.1) is 12.1 Å². The number of rotatable bonds is 5. The van der Waals surface area contributed by atoms with Crippen LogP contribution >= 0.6 is 11.3 Å². The zero-order valence-corrected chi connectivity index (χ0v) is 16.9. The second-order valence-corrected chi connectivity index (χ2v) is 8.21. The van der Waals surface area contributed by atoms with Crippen LogP contribution in [0.25, 0.3) is 0 Å². The smallest absolute Gasteiger partial charge is 0.318 e. The summed E-state index contributed by atoms with van der Waals surface area (Å²) in [6.45, 7) is 1.80. The zero-order chi connectivity index (χ0) is 21.1. The van der Waals surface area contributed by atoms with Crippen molar-refractivity contribution in [2.24, 2.45) is 0 Å². The predicted molar refractivity (Wildman–Crippen MR) is 105 cm³/mol. The van der Waals surface area contributed by atoms with Gasteiger partial charge in [0.1, 0.15) is 5.01 Å². The molecule has 2 aliphatic heterocycles. The molecule has 3 heterocycles. The van der Waals surface area contributed by atoms with Crippen molar-refractivity contribution in [1.82, 2.24) is 20.4 Å². The highest BCUT2D eigenvalue weighted by molar-refractivity contribution is 7.13. The summed E-state index contributed by atoms with van der Waals surface area (Å²) < 4.78 is 31.9. The molecule has 0 spiro atoms. The summed E-state index contributed by atoms with van der Waals surface area (Å²) in [4.78, 5) is 26.7. The number of halogens is 2. The van der Waals surface area contributed by atoms with Gasteiger partial charge in [-0.3, -0.25) is 4.79 Å². The van der Waals surface area contributed by atoms with Crippen LogP contribution in [-0.2, 0) is 4.74 Å². The molecule has 1 aromatic carbocycles. The van der Waals surface area contributed by atoms with Crippen LogP contribution < -0.4 is 10.6 Å². The minimum absolute atomic E-state index is 0.0585. The van der Waals surface area contributed by atoms with Crippen LogP contribution in [0.4, 0.5) is 19.3 Å². The van der Waals surface area contributed by atoms with E-state index in [1.165, 1.54) is 6.07 Å². The van der Waals surface area contributed by atoms with E-state index in [-0.39, 0.29) is 28.9 Å². The van der Waals surface area contributed by atoms with E-state index >= 15 is 0 Å². The van der Waals surface area contributed by atoms with E-state index in [1.54, 1.807) is 4.90 Å². The number of hydrogen-bond donors (Lipinski definition) is 2. The molecule has 8 nitrogen and oxygen atoms in total. The van der Waals surface area contributed by atoms with Crippen LogP contribution in [0.1, 0.15) is 46.5 Å². The first-order chi connectivity index (χ1) is 14.5. The molecule has 3 amide bonds. The van der Waals surface area contributed by atoms with Gasteiger partial charge in [0, 0.05) is 31.5 Å². The number of carbonyl (C=O) groups is 2. The number of amides is 3. The lowest BCUT2D eigenvalue weighted by molar-refractivity contribution is 0.102.